The van der Waals surface area contributed by atoms with Crippen LogP contribution in [-0.4, -0.2) is 34.4 Å². The topological polar surface area (TPSA) is 74.1 Å². The maximum atomic E-state index is 5.61. The number of para-hydroxylation sites is 1. The Morgan fingerprint density at radius 1 is 1.08 bits per heavy atom. The Morgan fingerprint density at radius 3 is 2.62 bits per heavy atom. The van der Waals surface area contributed by atoms with Gasteiger partial charge in [0.2, 0.25) is 5.95 Å². The van der Waals surface area contributed by atoms with Crippen LogP contribution in [0.1, 0.15) is 17.2 Å². The lowest BCUT2D eigenvalue weighted by atomic mass is 10.0. The van der Waals surface area contributed by atoms with Gasteiger partial charge in [0.05, 0.1) is 14.2 Å². The fourth-order valence-electron chi connectivity index (χ4n) is 3.02. The van der Waals surface area contributed by atoms with Crippen molar-refractivity contribution in [2.24, 2.45) is 0 Å². The summed E-state index contributed by atoms with van der Waals surface area (Å²) in [5.41, 5.74) is 2.88. The van der Waals surface area contributed by atoms with Crippen molar-refractivity contribution in [3.63, 3.8) is 0 Å². The van der Waals surface area contributed by atoms with Gasteiger partial charge in [0, 0.05) is 15.7 Å². The number of nitrogens with zero attached hydrogens (tertiary/aromatic N) is 4. The first-order valence-corrected chi connectivity index (χ1v) is 8.74. The standard InChI is InChI=1S/C18H16BrN5O2/c1-25-16-5-3-4-13(17(16)26-2)15-10-14(11-6-8-12(19)9-7-11)20-18-21-22-23-24(15)18/h3-10,15H,1-2H3,(H,20,21,23)/t15-/m1/s1. The van der Waals surface area contributed by atoms with Crippen LogP contribution in [0.25, 0.3) is 5.70 Å². The fourth-order valence-corrected chi connectivity index (χ4v) is 3.28. The van der Waals surface area contributed by atoms with Crippen LogP contribution in [0.2, 0.25) is 0 Å². The number of benzene rings is 2. The second-order valence-electron chi connectivity index (χ2n) is 5.69. The zero-order chi connectivity index (χ0) is 18.1. The van der Waals surface area contributed by atoms with Crippen molar-refractivity contribution in [3.8, 4) is 11.5 Å². The van der Waals surface area contributed by atoms with Gasteiger partial charge >= 0.3 is 0 Å². The van der Waals surface area contributed by atoms with Crippen LogP contribution in [-0.2, 0) is 0 Å². The van der Waals surface area contributed by atoms with E-state index in [1.165, 1.54) is 0 Å². The number of hydrogen-bond donors (Lipinski definition) is 1. The second-order valence-corrected chi connectivity index (χ2v) is 6.60. The lowest BCUT2D eigenvalue weighted by Gasteiger charge is -2.25. The van der Waals surface area contributed by atoms with Crippen LogP contribution in [0.3, 0.4) is 0 Å². The highest BCUT2D eigenvalue weighted by molar-refractivity contribution is 9.10. The van der Waals surface area contributed by atoms with Crippen molar-refractivity contribution >= 4 is 27.6 Å². The average Bonchev–Trinajstić information content (AvgIpc) is 3.15. The van der Waals surface area contributed by atoms with E-state index < -0.39 is 0 Å². The van der Waals surface area contributed by atoms with Crippen molar-refractivity contribution in [1.29, 1.82) is 0 Å². The number of tetrazole rings is 1. The maximum Gasteiger partial charge on any atom is 0.248 e. The van der Waals surface area contributed by atoms with E-state index in [2.05, 4.69) is 42.8 Å². The third kappa shape index (κ3) is 2.82. The Labute approximate surface area is 158 Å². The molecule has 0 saturated heterocycles. The highest BCUT2D eigenvalue weighted by Gasteiger charge is 2.27. The summed E-state index contributed by atoms with van der Waals surface area (Å²) in [7, 11) is 3.25. The van der Waals surface area contributed by atoms with Gasteiger partial charge in [0.1, 0.15) is 6.04 Å². The van der Waals surface area contributed by atoms with Crippen LogP contribution >= 0.6 is 15.9 Å². The number of halogens is 1. The molecule has 0 spiro atoms. The van der Waals surface area contributed by atoms with E-state index in [4.69, 9.17) is 9.47 Å². The highest BCUT2D eigenvalue weighted by Crippen LogP contribution is 2.40. The molecule has 132 valence electrons. The van der Waals surface area contributed by atoms with E-state index in [0.717, 1.165) is 21.3 Å². The lowest BCUT2D eigenvalue weighted by Crippen LogP contribution is -2.20. The molecule has 0 aliphatic carbocycles. The molecule has 0 saturated carbocycles. The molecule has 0 fully saturated rings. The second kappa shape index (κ2) is 6.80. The number of rotatable bonds is 4. The third-order valence-corrected chi connectivity index (χ3v) is 4.76. The number of hydrogen-bond acceptors (Lipinski definition) is 6. The average molecular weight is 414 g/mol. The maximum absolute atomic E-state index is 5.61. The molecule has 1 N–H and O–H groups in total. The molecular formula is C18H16BrN5O2. The summed E-state index contributed by atoms with van der Waals surface area (Å²) in [6.45, 7) is 0. The van der Waals surface area contributed by atoms with Gasteiger partial charge in [-0.05, 0) is 40.3 Å². The summed E-state index contributed by atoms with van der Waals surface area (Å²) in [6, 6.07) is 13.6. The molecule has 7 nitrogen and oxygen atoms in total. The number of nitrogens with one attached hydrogen (secondary N) is 1. The van der Waals surface area contributed by atoms with Gasteiger partial charge in [0.15, 0.2) is 11.5 Å². The Hall–Kier alpha value is -2.87. The van der Waals surface area contributed by atoms with Gasteiger partial charge in [0.25, 0.3) is 0 Å². The Bertz CT molecular complexity index is 968. The molecule has 3 aromatic rings. The van der Waals surface area contributed by atoms with Crippen LogP contribution in [0.15, 0.2) is 53.0 Å². The number of allylic oxidation sites excluding steroid dienone is 1. The predicted molar refractivity (Wildman–Crippen MR) is 101 cm³/mol. The monoisotopic (exact) mass is 413 g/mol. The Balaban J connectivity index is 1.85. The number of fused-ring (bicyclic) bond motifs is 1. The predicted octanol–water partition coefficient (Wildman–Crippen LogP) is 3.51. The summed E-state index contributed by atoms with van der Waals surface area (Å²) in [4.78, 5) is 0. The minimum absolute atomic E-state index is 0.232. The van der Waals surface area contributed by atoms with Crippen LogP contribution < -0.4 is 14.8 Å². The molecule has 1 aromatic heterocycles. The van der Waals surface area contributed by atoms with Gasteiger partial charge in [-0.1, -0.05) is 45.3 Å². The molecule has 0 bridgehead atoms. The number of ether oxygens (including phenoxy) is 2. The van der Waals surface area contributed by atoms with E-state index in [0.29, 0.717) is 17.4 Å². The minimum Gasteiger partial charge on any atom is -0.493 e. The molecule has 1 aliphatic heterocycles. The highest BCUT2D eigenvalue weighted by atomic mass is 79.9. The van der Waals surface area contributed by atoms with Gasteiger partial charge in [-0.2, -0.15) is 4.68 Å². The molecule has 4 rings (SSSR count). The molecule has 0 radical (unpaired) electrons. The van der Waals surface area contributed by atoms with Crippen molar-refractivity contribution in [2.75, 3.05) is 19.5 Å². The Kier molecular flexibility index (Phi) is 4.34. The van der Waals surface area contributed by atoms with Gasteiger partial charge < -0.3 is 14.8 Å². The van der Waals surface area contributed by atoms with Crippen molar-refractivity contribution in [2.45, 2.75) is 6.04 Å². The zero-order valence-corrected chi connectivity index (χ0v) is 15.8. The fraction of sp³-hybridized carbons (Fsp3) is 0.167. The largest absolute Gasteiger partial charge is 0.493 e. The molecule has 0 amide bonds. The van der Waals surface area contributed by atoms with Crippen molar-refractivity contribution in [3.05, 3.63) is 64.1 Å². The molecule has 2 heterocycles. The SMILES string of the molecule is COc1cccc([C@H]2C=C(c3ccc(Br)cc3)Nc3nnnn32)c1OC. The lowest BCUT2D eigenvalue weighted by molar-refractivity contribution is 0.348. The molecule has 8 heteroatoms. The van der Waals surface area contributed by atoms with Crippen molar-refractivity contribution in [1.82, 2.24) is 20.2 Å². The quantitative estimate of drug-likeness (QED) is 0.705. The van der Waals surface area contributed by atoms with Crippen LogP contribution in [0, 0.1) is 0 Å². The summed E-state index contributed by atoms with van der Waals surface area (Å²) in [5, 5.41) is 15.3. The molecule has 1 aliphatic rings. The molecule has 0 unspecified atom stereocenters. The summed E-state index contributed by atoms with van der Waals surface area (Å²) in [6.07, 6.45) is 2.07. The number of anilines is 1. The number of methoxy groups -OCH3 is 2. The molecular weight excluding hydrogens is 398 g/mol. The van der Waals surface area contributed by atoms with E-state index in [-0.39, 0.29) is 6.04 Å². The summed E-state index contributed by atoms with van der Waals surface area (Å²) < 4.78 is 13.8. The van der Waals surface area contributed by atoms with E-state index in [1.54, 1.807) is 18.9 Å². The smallest absolute Gasteiger partial charge is 0.248 e. The Morgan fingerprint density at radius 2 is 1.88 bits per heavy atom. The first kappa shape index (κ1) is 16.6. The van der Waals surface area contributed by atoms with Gasteiger partial charge in [-0.25, -0.2) is 0 Å². The van der Waals surface area contributed by atoms with Crippen LogP contribution in [0.4, 0.5) is 5.95 Å². The van der Waals surface area contributed by atoms with Gasteiger partial charge in [-0.3, -0.25) is 0 Å². The normalized spacial score (nSPS) is 15.7. The minimum atomic E-state index is -0.232. The van der Waals surface area contributed by atoms with Crippen LogP contribution in [0.5, 0.6) is 11.5 Å². The van der Waals surface area contributed by atoms with E-state index in [1.807, 2.05) is 42.5 Å². The number of aromatic nitrogens is 4. The van der Waals surface area contributed by atoms with E-state index >= 15 is 0 Å². The van der Waals surface area contributed by atoms with Crippen molar-refractivity contribution < 1.29 is 9.47 Å². The molecule has 1 atom stereocenters. The third-order valence-electron chi connectivity index (χ3n) is 4.23. The summed E-state index contributed by atoms with van der Waals surface area (Å²) >= 11 is 3.47. The first-order chi connectivity index (χ1) is 12.7. The first-order valence-electron chi connectivity index (χ1n) is 7.95. The van der Waals surface area contributed by atoms with Gasteiger partial charge in [-0.15, -0.1) is 0 Å². The zero-order valence-electron chi connectivity index (χ0n) is 14.2. The molecule has 2 aromatic carbocycles. The van der Waals surface area contributed by atoms with E-state index in [9.17, 15) is 0 Å². The summed E-state index contributed by atoms with van der Waals surface area (Å²) in [5.74, 6) is 1.90. The molecule has 26 heavy (non-hydrogen) atoms.